The summed E-state index contributed by atoms with van der Waals surface area (Å²) in [5.41, 5.74) is 0.562. The van der Waals surface area contributed by atoms with Gasteiger partial charge >= 0.3 is 0 Å². The van der Waals surface area contributed by atoms with Gasteiger partial charge in [0, 0.05) is 12.0 Å². The smallest absolute Gasteiger partial charge is 0.166 e. The van der Waals surface area contributed by atoms with Gasteiger partial charge in [0.15, 0.2) is 5.78 Å². The Labute approximate surface area is 81.3 Å². The van der Waals surface area contributed by atoms with Gasteiger partial charge in [0.1, 0.15) is 0 Å². The molecule has 0 N–H and O–H groups in total. The Morgan fingerprint density at radius 3 is 2.50 bits per heavy atom. The van der Waals surface area contributed by atoms with Crippen molar-refractivity contribution >= 4 is 29.0 Å². The maximum atomic E-state index is 11.1. The summed E-state index contributed by atoms with van der Waals surface area (Å²) in [6.07, 6.45) is 1.49. The number of carbonyl (C=O) groups excluding carboxylic acids is 1. The minimum atomic E-state index is -0.0476. The highest BCUT2D eigenvalue weighted by Gasteiger charge is 2.05. The molecule has 0 fully saturated rings. The van der Waals surface area contributed by atoms with Crippen LogP contribution in [0.4, 0.5) is 0 Å². The van der Waals surface area contributed by atoms with E-state index in [2.05, 4.69) is 0 Å². The zero-order valence-electron chi connectivity index (χ0n) is 6.47. The van der Waals surface area contributed by atoms with E-state index >= 15 is 0 Å². The van der Waals surface area contributed by atoms with Gasteiger partial charge in [-0.1, -0.05) is 30.1 Å². The first-order valence-corrected chi connectivity index (χ1v) is 4.19. The summed E-state index contributed by atoms with van der Waals surface area (Å²) in [6.45, 7) is 1.69. The van der Waals surface area contributed by atoms with E-state index in [9.17, 15) is 4.79 Å². The van der Waals surface area contributed by atoms with Crippen molar-refractivity contribution in [1.82, 2.24) is 0 Å². The van der Waals surface area contributed by atoms with Crippen LogP contribution in [0.25, 0.3) is 0 Å². The second kappa shape index (κ2) is 3.92. The first kappa shape index (κ1) is 9.56. The highest BCUT2D eigenvalue weighted by molar-refractivity contribution is 6.42. The summed E-state index contributed by atoms with van der Waals surface area (Å²) < 4.78 is 0. The van der Waals surface area contributed by atoms with Gasteiger partial charge in [-0.05, 0) is 18.2 Å². The van der Waals surface area contributed by atoms with Crippen molar-refractivity contribution in [3.05, 3.63) is 40.2 Å². The van der Waals surface area contributed by atoms with Crippen LogP contribution in [0.2, 0.25) is 10.0 Å². The van der Waals surface area contributed by atoms with Gasteiger partial charge in [-0.2, -0.15) is 0 Å². The maximum Gasteiger partial charge on any atom is 0.166 e. The van der Waals surface area contributed by atoms with E-state index in [1.165, 1.54) is 6.42 Å². The molecule has 0 bridgehead atoms. The lowest BCUT2D eigenvalue weighted by molar-refractivity contribution is 0.103. The van der Waals surface area contributed by atoms with Crippen molar-refractivity contribution in [3.8, 4) is 0 Å². The SMILES string of the molecule is C[CH]C(=O)c1ccc(Cl)c(Cl)c1. The van der Waals surface area contributed by atoms with Gasteiger partial charge in [-0.15, -0.1) is 0 Å². The molecular formula is C9H7Cl2O. The summed E-state index contributed by atoms with van der Waals surface area (Å²) in [5, 5.41) is 0.869. The van der Waals surface area contributed by atoms with Crippen molar-refractivity contribution in [2.75, 3.05) is 0 Å². The van der Waals surface area contributed by atoms with Gasteiger partial charge < -0.3 is 0 Å². The second-order valence-electron chi connectivity index (χ2n) is 2.28. The summed E-state index contributed by atoms with van der Waals surface area (Å²) in [6, 6.07) is 4.82. The summed E-state index contributed by atoms with van der Waals surface area (Å²) in [4.78, 5) is 11.1. The van der Waals surface area contributed by atoms with Crippen molar-refractivity contribution in [2.45, 2.75) is 6.92 Å². The molecule has 0 saturated heterocycles. The molecule has 12 heavy (non-hydrogen) atoms. The van der Waals surface area contributed by atoms with E-state index in [-0.39, 0.29) is 5.78 Å². The highest BCUT2D eigenvalue weighted by Crippen LogP contribution is 2.22. The van der Waals surface area contributed by atoms with Crippen LogP contribution < -0.4 is 0 Å². The average Bonchev–Trinajstić information content (AvgIpc) is 2.08. The lowest BCUT2D eigenvalue weighted by Crippen LogP contribution is -1.96. The van der Waals surface area contributed by atoms with Crippen molar-refractivity contribution in [3.63, 3.8) is 0 Å². The molecule has 3 heteroatoms. The van der Waals surface area contributed by atoms with Crippen LogP contribution in [0.15, 0.2) is 18.2 Å². The highest BCUT2D eigenvalue weighted by atomic mass is 35.5. The Morgan fingerprint density at radius 2 is 2.00 bits per heavy atom. The molecule has 63 valence electrons. The Hall–Kier alpha value is -0.530. The number of hydrogen-bond donors (Lipinski definition) is 0. The zero-order valence-corrected chi connectivity index (χ0v) is 7.99. The standard InChI is InChI=1S/C9H7Cl2O/c1-2-9(12)6-3-4-7(10)8(11)5-6/h2-5H,1H3. The molecule has 0 saturated carbocycles. The van der Waals surface area contributed by atoms with E-state index in [1.807, 2.05) is 0 Å². The molecule has 0 unspecified atom stereocenters. The molecule has 1 rings (SSSR count). The molecular weight excluding hydrogens is 195 g/mol. The average molecular weight is 202 g/mol. The molecule has 0 aliphatic rings. The van der Waals surface area contributed by atoms with Crippen molar-refractivity contribution < 1.29 is 4.79 Å². The normalized spacial score (nSPS) is 9.92. The van der Waals surface area contributed by atoms with Crippen LogP contribution in [0.5, 0.6) is 0 Å². The molecule has 0 atom stereocenters. The van der Waals surface area contributed by atoms with E-state index in [1.54, 1.807) is 25.1 Å². The monoisotopic (exact) mass is 201 g/mol. The molecule has 1 nitrogen and oxygen atoms in total. The Balaban J connectivity index is 3.05. The fourth-order valence-electron chi connectivity index (χ4n) is 0.816. The molecule has 1 aromatic rings. The third kappa shape index (κ3) is 1.99. The third-order valence-electron chi connectivity index (χ3n) is 1.47. The molecule has 0 aromatic heterocycles. The van der Waals surface area contributed by atoms with Crippen molar-refractivity contribution in [2.24, 2.45) is 0 Å². The molecule has 0 aliphatic heterocycles. The van der Waals surface area contributed by atoms with Gasteiger partial charge in [0.25, 0.3) is 0 Å². The van der Waals surface area contributed by atoms with Gasteiger partial charge in [0.2, 0.25) is 0 Å². The fourth-order valence-corrected chi connectivity index (χ4v) is 1.11. The molecule has 1 radical (unpaired) electrons. The molecule has 0 amide bonds. The third-order valence-corrected chi connectivity index (χ3v) is 2.21. The van der Waals surface area contributed by atoms with E-state index < -0.39 is 0 Å². The molecule has 0 heterocycles. The van der Waals surface area contributed by atoms with Crippen LogP contribution in [-0.4, -0.2) is 5.78 Å². The summed E-state index contributed by atoms with van der Waals surface area (Å²) >= 11 is 11.4. The second-order valence-corrected chi connectivity index (χ2v) is 3.10. The maximum absolute atomic E-state index is 11.1. The molecule has 0 aliphatic carbocycles. The minimum absolute atomic E-state index is 0.0476. The Morgan fingerprint density at radius 1 is 1.33 bits per heavy atom. The lowest BCUT2D eigenvalue weighted by atomic mass is 10.1. The number of benzene rings is 1. The van der Waals surface area contributed by atoms with Gasteiger partial charge in [-0.25, -0.2) is 0 Å². The molecule has 0 spiro atoms. The van der Waals surface area contributed by atoms with Gasteiger partial charge in [0.05, 0.1) is 10.0 Å². The quantitative estimate of drug-likeness (QED) is 0.671. The number of halogens is 2. The number of Topliss-reactive ketones (excluding diaryl/α,β-unsaturated/α-hetero) is 1. The first-order chi connectivity index (χ1) is 5.65. The zero-order chi connectivity index (χ0) is 9.14. The van der Waals surface area contributed by atoms with Crippen LogP contribution in [-0.2, 0) is 0 Å². The lowest BCUT2D eigenvalue weighted by Gasteiger charge is -1.99. The topological polar surface area (TPSA) is 17.1 Å². The minimum Gasteiger partial charge on any atom is -0.294 e. The number of ketones is 1. The van der Waals surface area contributed by atoms with Crippen LogP contribution >= 0.6 is 23.2 Å². The van der Waals surface area contributed by atoms with Crippen LogP contribution in [0.3, 0.4) is 0 Å². The number of rotatable bonds is 2. The van der Waals surface area contributed by atoms with E-state index in [0.29, 0.717) is 15.6 Å². The van der Waals surface area contributed by atoms with E-state index in [0.717, 1.165) is 0 Å². The largest absolute Gasteiger partial charge is 0.294 e. The van der Waals surface area contributed by atoms with Crippen molar-refractivity contribution in [1.29, 1.82) is 0 Å². The Bertz CT molecular complexity index is 307. The number of carbonyl (C=O) groups is 1. The summed E-state index contributed by atoms with van der Waals surface area (Å²) in [5.74, 6) is -0.0476. The Kier molecular flexibility index (Phi) is 3.12. The van der Waals surface area contributed by atoms with Crippen LogP contribution in [0, 0.1) is 6.42 Å². The number of hydrogen-bond acceptors (Lipinski definition) is 1. The predicted molar refractivity (Wildman–Crippen MR) is 50.8 cm³/mol. The first-order valence-electron chi connectivity index (χ1n) is 3.44. The summed E-state index contributed by atoms with van der Waals surface area (Å²) in [7, 11) is 0. The molecule has 1 aromatic carbocycles. The van der Waals surface area contributed by atoms with Crippen LogP contribution in [0.1, 0.15) is 17.3 Å². The van der Waals surface area contributed by atoms with Gasteiger partial charge in [-0.3, -0.25) is 4.79 Å². The fraction of sp³-hybridized carbons (Fsp3) is 0.111. The predicted octanol–water partition coefficient (Wildman–Crippen LogP) is 3.40. The van der Waals surface area contributed by atoms with E-state index in [4.69, 9.17) is 23.2 Å².